The lowest BCUT2D eigenvalue weighted by Gasteiger charge is -2.18. The number of fused-ring (bicyclic) bond motifs is 1. The lowest BCUT2D eigenvalue weighted by atomic mass is 10.1. The number of anilines is 1. The van der Waals surface area contributed by atoms with Gasteiger partial charge in [-0.05, 0) is 87.7 Å². The van der Waals surface area contributed by atoms with Gasteiger partial charge < -0.3 is 10.1 Å². The fourth-order valence-electron chi connectivity index (χ4n) is 4.63. The molecule has 0 unspecified atom stereocenters. The van der Waals surface area contributed by atoms with Crippen LogP contribution in [0, 0.1) is 19.7 Å². The molecule has 1 N–H and O–H groups in total. The number of carbonyl (C=O) groups is 1. The Labute approximate surface area is 249 Å². The second-order valence-corrected chi connectivity index (χ2v) is 13.4. The van der Waals surface area contributed by atoms with E-state index in [1.807, 2.05) is 20.8 Å². The molecule has 0 spiro atoms. The normalized spacial score (nSPS) is 12.0. The number of aromatic nitrogens is 4. The summed E-state index contributed by atoms with van der Waals surface area (Å²) in [5.74, 6) is -0.943. The third kappa shape index (κ3) is 6.72. The molecule has 0 bridgehead atoms. The standard InChI is InChI=1S/C32H32FN5O4S/c1-20-13-22(15-30(39)37-24-17-36-38(18-24)32(3,4)5)14-27(33)31(20)42-29-10-12-35-28-9-8-25(16-26(28)29)43(40,41)19-23-7-6-11-34-21(23)2/h6-14,16-18H,15,19H2,1-5H3,(H,37,39). The smallest absolute Gasteiger partial charge is 0.228 e. The van der Waals surface area contributed by atoms with Crippen LogP contribution in [0.5, 0.6) is 11.5 Å². The second kappa shape index (κ2) is 11.6. The van der Waals surface area contributed by atoms with E-state index in [4.69, 9.17) is 4.74 Å². The first-order chi connectivity index (χ1) is 20.3. The molecule has 0 aliphatic rings. The Morgan fingerprint density at radius 2 is 1.84 bits per heavy atom. The van der Waals surface area contributed by atoms with E-state index in [1.54, 1.807) is 67.5 Å². The molecule has 222 valence electrons. The summed E-state index contributed by atoms with van der Waals surface area (Å²) in [5.41, 5.74) is 3.02. The SMILES string of the molecule is Cc1cc(CC(=O)Nc2cnn(C(C)(C)C)c2)cc(F)c1Oc1ccnc2ccc(S(=O)(=O)Cc3cccnc3C)cc12. The van der Waals surface area contributed by atoms with E-state index in [1.165, 1.54) is 24.4 Å². The van der Waals surface area contributed by atoms with Crippen molar-refractivity contribution in [1.82, 2.24) is 19.7 Å². The fraction of sp³-hybridized carbons (Fsp3) is 0.250. The molecule has 3 aromatic heterocycles. The number of hydrogen-bond acceptors (Lipinski definition) is 7. The molecule has 2 aromatic carbocycles. The van der Waals surface area contributed by atoms with Gasteiger partial charge in [-0.1, -0.05) is 12.1 Å². The van der Waals surface area contributed by atoms with E-state index in [2.05, 4.69) is 20.4 Å². The highest BCUT2D eigenvalue weighted by atomic mass is 32.2. The lowest BCUT2D eigenvalue weighted by Crippen LogP contribution is -2.22. The first-order valence-corrected chi connectivity index (χ1v) is 15.3. The maximum Gasteiger partial charge on any atom is 0.228 e. The number of hydrogen-bond donors (Lipinski definition) is 1. The molecule has 43 heavy (non-hydrogen) atoms. The number of carbonyl (C=O) groups excluding carboxylic acids is 1. The zero-order valence-corrected chi connectivity index (χ0v) is 25.4. The zero-order valence-electron chi connectivity index (χ0n) is 24.6. The van der Waals surface area contributed by atoms with E-state index in [-0.39, 0.29) is 40.0 Å². The van der Waals surface area contributed by atoms with Crippen molar-refractivity contribution in [2.45, 2.75) is 57.2 Å². The van der Waals surface area contributed by atoms with Crippen LogP contribution in [-0.4, -0.2) is 34.1 Å². The molecular weight excluding hydrogens is 569 g/mol. The Morgan fingerprint density at radius 3 is 2.53 bits per heavy atom. The lowest BCUT2D eigenvalue weighted by molar-refractivity contribution is -0.115. The topological polar surface area (TPSA) is 116 Å². The highest BCUT2D eigenvalue weighted by Crippen LogP contribution is 2.35. The molecule has 0 atom stereocenters. The molecule has 3 heterocycles. The molecule has 0 aliphatic heterocycles. The van der Waals surface area contributed by atoms with Crippen LogP contribution >= 0.6 is 0 Å². The largest absolute Gasteiger partial charge is 0.453 e. The van der Waals surface area contributed by atoms with E-state index in [0.717, 1.165) is 0 Å². The van der Waals surface area contributed by atoms with Gasteiger partial charge in [0.2, 0.25) is 5.91 Å². The number of amides is 1. The number of sulfone groups is 1. The van der Waals surface area contributed by atoms with Crippen molar-refractivity contribution in [3.8, 4) is 11.5 Å². The van der Waals surface area contributed by atoms with Crippen LogP contribution in [0.3, 0.4) is 0 Å². The molecule has 0 saturated heterocycles. The van der Waals surface area contributed by atoms with Crippen LogP contribution < -0.4 is 10.1 Å². The molecule has 0 fully saturated rings. The average Bonchev–Trinajstić information content (AvgIpc) is 3.41. The van der Waals surface area contributed by atoms with Crippen molar-refractivity contribution >= 4 is 32.3 Å². The van der Waals surface area contributed by atoms with Crippen LogP contribution in [0.15, 0.2) is 78.2 Å². The third-order valence-corrected chi connectivity index (χ3v) is 8.58. The summed E-state index contributed by atoms with van der Waals surface area (Å²) in [6.07, 6.45) is 6.40. The minimum absolute atomic E-state index is 0.0256. The minimum atomic E-state index is -3.72. The first kappa shape index (κ1) is 29.8. The molecule has 9 nitrogen and oxygen atoms in total. The van der Waals surface area contributed by atoms with E-state index in [0.29, 0.717) is 39.0 Å². The van der Waals surface area contributed by atoms with E-state index in [9.17, 15) is 13.2 Å². The summed E-state index contributed by atoms with van der Waals surface area (Å²) < 4.78 is 49.7. The molecule has 0 saturated carbocycles. The highest BCUT2D eigenvalue weighted by Gasteiger charge is 2.20. The van der Waals surface area contributed by atoms with Crippen molar-refractivity contribution in [2.24, 2.45) is 0 Å². The van der Waals surface area contributed by atoms with Crippen molar-refractivity contribution in [1.29, 1.82) is 0 Å². The van der Waals surface area contributed by atoms with Crippen LogP contribution in [0.4, 0.5) is 10.1 Å². The van der Waals surface area contributed by atoms with E-state index < -0.39 is 15.7 Å². The third-order valence-electron chi connectivity index (χ3n) is 6.91. The molecule has 0 aliphatic carbocycles. The van der Waals surface area contributed by atoms with Crippen molar-refractivity contribution in [3.63, 3.8) is 0 Å². The minimum Gasteiger partial charge on any atom is -0.453 e. The van der Waals surface area contributed by atoms with Gasteiger partial charge in [0.1, 0.15) is 5.75 Å². The summed E-state index contributed by atoms with van der Waals surface area (Å²) in [4.78, 5) is 21.3. The predicted molar refractivity (Wildman–Crippen MR) is 162 cm³/mol. The number of nitrogens with zero attached hydrogens (tertiary/aromatic N) is 4. The van der Waals surface area contributed by atoms with Crippen LogP contribution in [0.1, 0.15) is 43.2 Å². The summed E-state index contributed by atoms with van der Waals surface area (Å²) in [6.45, 7) is 9.45. The van der Waals surface area contributed by atoms with Gasteiger partial charge in [0, 0.05) is 29.7 Å². The maximum absolute atomic E-state index is 15.4. The van der Waals surface area contributed by atoms with Gasteiger partial charge in [0.15, 0.2) is 21.4 Å². The Hall–Kier alpha value is -4.64. The maximum atomic E-state index is 15.4. The van der Waals surface area contributed by atoms with E-state index >= 15 is 4.39 Å². The van der Waals surface area contributed by atoms with Crippen molar-refractivity contribution in [3.05, 3.63) is 102 Å². The summed E-state index contributed by atoms with van der Waals surface area (Å²) >= 11 is 0. The zero-order chi connectivity index (χ0) is 30.9. The summed E-state index contributed by atoms with van der Waals surface area (Å²) in [5, 5.41) is 7.49. The molecule has 0 radical (unpaired) electrons. The first-order valence-electron chi connectivity index (χ1n) is 13.6. The number of rotatable bonds is 8. The van der Waals surface area contributed by atoms with Gasteiger partial charge in [-0.25, -0.2) is 12.8 Å². The number of benzene rings is 2. The summed E-state index contributed by atoms with van der Waals surface area (Å²) in [6, 6.07) is 12.5. The molecule has 5 rings (SSSR count). The number of halogens is 1. The number of ether oxygens (including phenoxy) is 1. The molecular formula is C32H32FN5O4S. The molecule has 11 heteroatoms. The monoisotopic (exact) mass is 601 g/mol. The number of pyridine rings is 2. The van der Waals surface area contributed by atoms with Gasteiger partial charge in [0.05, 0.1) is 40.0 Å². The Kier molecular flexibility index (Phi) is 8.02. The average molecular weight is 602 g/mol. The van der Waals surface area contributed by atoms with Crippen LogP contribution in [0.2, 0.25) is 0 Å². The Morgan fingerprint density at radius 1 is 1.05 bits per heavy atom. The number of nitrogens with one attached hydrogen (secondary N) is 1. The van der Waals surface area contributed by atoms with Crippen molar-refractivity contribution in [2.75, 3.05) is 5.32 Å². The van der Waals surface area contributed by atoms with Crippen molar-refractivity contribution < 1.29 is 22.3 Å². The van der Waals surface area contributed by atoms with Gasteiger partial charge >= 0.3 is 0 Å². The molecule has 5 aromatic rings. The van der Waals surface area contributed by atoms with Gasteiger partial charge in [-0.2, -0.15) is 5.10 Å². The quantitative estimate of drug-likeness (QED) is 0.222. The van der Waals surface area contributed by atoms with Crippen LogP contribution in [-0.2, 0) is 32.3 Å². The highest BCUT2D eigenvalue weighted by molar-refractivity contribution is 7.90. The number of aryl methyl sites for hydroxylation is 2. The second-order valence-electron chi connectivity index (χ2n) is 11.4. The molecule has 1 amide bonds. The summed E-state index contributed by atoms with van der Waals surface area (Å²) in [7, 11) is -3.72. The fourth-order valence-corrected chi connectivity index (χ4v) is 6.08. The Bertz CT molecular complexity index is 1920. The predicted octanol–water partition coefficient (Wildman–Crippen LogP) is 6.28. The Balaban J connectivity index is 1.37. The van der Waals surface area contributed by atoms with Crippen LogP contribution in [0.25, 0.3) is 10.9 Å². The van der Waals surface area contributed by atoms with Gasteiger partial charge in [-0.15, -0.1) is 0 Å². The van der Waals surface area contributed by atoms with Gasteiger partial charge in [-0.3, -0.25) is 19.4 Å². The van der Waals surface area contributed by atoms with Gasteiger partial charge in [0.25, 0.3) is 0 Å².